The van der Waals surface area contributed by atoms with Gasteiger partial charge in [-0.05, 0) is 48.7 Å². The van der Waals surface area contributed by atoms with Crippen LogP contribution in [0.15, 0.2) is 69.2 Å². The van der Waals surface area contributed by atoms with E-state index in [4.69, 9.17) is 9.47 Å². The number of benzene rings is 1. The Morgan fingerprint density at radius 1 is 1.12 bits per heavy atom. The maximum Gasteiger partial charge on any atom is 0.336 e. The molecule has 0 saturated carbocycles. The fraction of sp³-hybridized carbons (Fsp3) is 0.320. The summed E-state index contributed by atoms with van der Waals surface area (Å²) < 4.78 is 10.1. The Morgan fingerprint density at radius 3 is 2.42 bits per heavy atom. The Bertz CT molecular complexity index is 1150. The molecule has 1 aliphatic heterocycles. The Hall–Kier alpha value is -2.84. The summed E-state index contributed by atoms with van der Waals surface area (Å²) in [7, 11) is 2.62. The van der Waals surface area contributed by atoms with Gasteiger partial charge in [0.2, 0.25) is 0 Å². The number of rotatable bonds is 5. The number of Topliss-reactive ketones (excluding diaryl/α,β-unsaturated/α-hetero) is 1. The van der Waals surface area contributed by atoms with E-state index in [1.54, 1.807) is 11.8 Å². The zero-order chi connectivity index (χ0) is 23.7. The maximum atomic E-state index is 14.0. The summed E-state index contributed by atoms with van der Waals surface area (Å²) in [6, 6.07) is 11.6. The number of methoxy groups -OCH3 is 2. The van der Waals surface area contributed by atoms with Gasteiger partial charge in [-0.15, -0.1) is 23.1 Å². The van der Waals surface area contributed by atoms with Crippen LogP contribution in [0.1, 0.15) is 35.6 Å². The van der Waals surface area contributed by atoms with E-state index in [0.717, 1.165) is 21.0 Å². The molecule has 0 unspecified atom stereocenters. The average Bonchev–Trinajstić information content (AvgIpc) is 3.37. The molecule has 3 atom stereocenters. The third-order valence-corrected chi connectivity index (χ3v) is 7.99. The molecular formula is C25H25NO5S2. The monoisotopic (exact) mass is 483 g/mol. The van der Waals surface area contributed by atoms with Crippen molar-refractivity contribution in [1.82, 2.24) is 5.32 Å². The van der Waals surface area contributed by atoms with Gasteiger partial charge in [0.05, 0.1) is 19.8 Å². The SMILES string of the molecule is COC(=O)C1=C(C)NC2=C(C(=O)[C@H](C(=O)OC)[C@@H](c3cccs3)C2)[C@H]1c1ccc(SC)cc1. The molecule has 4 rings (SSSR count). The molecule has 6 nitrogen and oxygen atoms in total. The summed E-state index contributed by atoms with van der Waals surface area (Å²) in [6.07, 6.45) is 2.45. The smallest absolute Gasteiger partial charge is 0.336 e. The second-order valence-electron chi connectivity index (χ2n) is 7.94. The Labute approximate surface area is 201 Å². The molecule has 33 heavy (non-hydrogen) atoms. The Kier molecular flexibility index (Phi) is 6.76. The number of thioether (sulfide) groups is 1. The number of allylic oxidation sites excluding steroid dienone is 3. The van der Waals surface area contributed by atoms with Crippen molar-refractivity contribution < 1.29 is 23.9 Å². The normalized spacial score (nSPS) is 22.5. The van der Waals surface area contributed by atoms with Crippen molar-refractivity contribution in [2.75, 3.05) is 20.5 Å². The standard InChI is InChI=1S/C25H25NO5S2/c1-13-19(24(28)30-2)20(14-7-9-15(32-4)10-8-14)22-17(26-13)12-16(18-6-5-11-33-18)21(23(22)27)25(29)31-3/h5-11,16,20-21,26H,12H2,1-4H3/t16-,20+,21-/m1/s1. The number of thiophene rings is 1. The summed E-state index contributed by atoms with van der Waals surface area (Å²) in [5.41, 5.74) is 2.99. The van der Waals surface area contributed by atoms with E-state index >= 15 is 0 Å². The van der Waals surface area contributed by atoms with E-state index in [2.05, 4.69) is 5.32 Å². The zero-order valence-electron chi connectivity index (χ0n) is 18.8. The molecule has 8 heteroatoms. The molecule has 0 radical (unpaired) electrons. The molecule has 2 aliphatic rings. The Morgan fingerprint density at radius 2 is 1.85 bits per heavy atom. The molecule has 0 spiro atoms. The molecule has 0 bridgehead atoms. The molecule has 1 aliphatic carbocycles. The van der Waals surface area contributed by atoms with Crippen molar-refractivity contribution in [3.05, 3.63) is 74.8 Å². The molecule has 1 aromatic carbocycles. The lowest BCUT2D eigenvalue weighted by Crippen LogP contribution is -2.43. The van der Waals surface area contributed by atoms with Crippen molar-refractivity contribution in [3.63, 3.8) is 0 Å². The number of carbonyl (C=O) groups excluding carboxylic acids is 3. The van der Waals surface area contributed by atoms with Crippen LogP contribution in [0.25, 0.3) is 0 Å². The number of hydrogen-bond acceptors (Lipinski definition) is 8. The molecule has 0 amide bonds. The largest absolute Gasteiger partial charge is 0.468 e. The minimum absolute atomic E-state index is 0.318. The minimum atomic E-state index is -0.973. The van der Waals surface area contributed by atoms with Gasteiger partial charge in [0.25, 0.3) is 0 Å². The number of esters is 2. The predicted octanol–water partition coefficient (Wildman–Crippen LogP) is 4.40. The van der Waals surface area contributed by atoms with Gasteiger partial charge in [-0.2, -0.15) is 0 Å². The van der Waals surface area contributed by atoms with Crippen LogP contribution in [0, 0.1) is 5.92 Å². The van der Waals surface area contributed by atoms with Crippen LogP contribution in [0.5, 0.6) is 0 Å². The minimum Gasteiger partial charge on any atom is -0.468 e. The summed E-state index contributed by atoms with van der Waals surface area (Å²) in [5, 5.41) is 5.23. The third-order valence-electron chi connectivity index (χ3n) is 6.24. The van der Waals surface area contributed by atoms with Gasteiger partial charge in [-0.3, -0.25) is 9.59 Å². The molecule has 2 heterocycles. The van der Waals surface area contributed by atoms with Gasteiger partial charge in [-0.25, -0.2) is 4.79 Å². The second kappa shape index (κ2) is 9.57. The molecule has 1 N–H and O–H groups in total. The van der Waals surface area contributed by atoms with Crippen LogP contribution < -0.4 is 5.32 Å². The first kappa shape index (κ1) is 23.3. The zero-order valence-corrected chi connectivity index (χ0v) is 20.5. The number of nitrogens with one attached hydrogen (secondary N) is 1. The summed E-state index contributed by atoms with van der Waals surface area (Å²) in [4.78, 5) is 41.7. The van der Waals surface area contributed by atoms with E-state index in [1.165, 1.54) is 25.6 Å². The highest BCUT2D eigenvalue weighted by atomic mass is 32.2. The summed E-state index contributed by atoms with van der Waals surface area (Å²) >= 11 is 3.13. The van der Waals surface area contributed by atoms with Crippen LogP contribution in [0.2, 0.25) is 0 Å². The maximum absolute atomic E-state index is 14.0. The number of carbonyl (C=O) groups is 3. The van der Waals surface area contributed by atoms with E-state index in [-0.39, 0.29) is 11.7 Å². The Balaban J connectivity index is 1.89. The topological polar surface area (TPSA) is 81.7 Å². The number of dihydropyridines is 1. The highest BCUT2D eigenvalue weighted by Crippen LogP contribution is 2.48. The average molecular weight is 484 g/mol. The van der Waals surface area contributed by atoms with Gasteiger partial charge in [0, 0.05) is 38.6 Å². The van der Waals surface area contributed by atoms with Gasteiger partial charge in [-0.1, -0.05) is 18.2 Å². The molecule has 0 fully saturated rings. The lowest BCUT2D eigenvalue weighted by molar-refractivity contribution is -0.149. The van der Waals surface area contributed by atoms with E-state index in [1.807, 2.05) is 55.0 Å². The first-order valence-electron chi connectivity index (χ1n) is 10.5. The predicted molar refractivity (Wildman–Crippen MR) is 128 cm³/mol. The lowest BCUT2D eigenvalue weighted by atomic mass is 9.68. The first-order valence-corrected chi connectivity index (χ1v) is 12.6. The van der Waals surface area contributed by atoms with Crippen molar-refractivity contribution in [2.24, 2.45) is 5.92 Å². The summed E-state index contributed by atoms with van der Waals surface area (Å²) in [5.74, 6) is -3.32. The fourth-order valence-corrected chi connectivity index (χ4v) is 5.99. The van der Waals surface area contributed by atoms with Crippen LogP contribution in [0.3, 0.4) is 0 Å². The molecule has 2 aromatic rings. The van der Waals surface area contributed by atoms with Crippen molar-refractivity contribution >= 4 is 40.8 Å². The van der Waals surface area contributed by atoms with Crippen LogP contribution in [-0.4, -0.2) is 38.2 Å². The van der Waals surface area contributed by atoms with Gasteiger partial charge in [0.1, 0.15) is 5.92 Å². The second-order valence-corrected chi connectivity index (χ2v) is 9.80. The van der Waals surface area contributed by atoms with Crippen molar-refractivity contribution in [2.45, 2.75) is 30.1 Å². The van der Waals surface area contributed by atoms with E-state index in [0.29, 0.717) is 23.3 Å². The molecule has 0 saturated heterocycles. The van der Waals surface area contributed by atoms with Crippen LogP contribution in [0.4, 0.5) is 0 Å². The van der Waals surface area contributed by atoms with E-state index < -0.39 is 23.8 Å². The lowest BCUT2D eigenvalue weighted by Gasteiger charge is -2.39. The van der Waals surface area contributed by atoms with Crippen molar-refractivity contribution in [1.29, 1.82) is 0 Å². The van der Waals surface area contributed by atoms with Gasteiger partial charge in [0.15, 0.2) is 5.78 Å². The molecule has 1 aromatic heterocycles. The van der Waals surface area contributed by atoms with Crippen LogP contribution >= 0.6 is 23.1 Å². The fourth-order valence-electron chi connectivity index (χ4n) is 4.71. The third kappa shape index (κ3) is 4.13. The quantitative estimate of drug-likeness (QED) is 0.383. The first-order chi connectivity index (χ1) is 15.9. The number of hydrogen-bond donors (Lipinski definition) is 1. The summed E-state index contributed by atoms with van der Waals surface area (Å²) in [6.45, 7) is 1.82. The van der Waals surface area contributed by atoms with Crippen LogP contribution in [-0.2, 0) is 23.9 Å². The highest BCUT2D eigenvalue weighted by Gasteiger charge is 2.49. The number of ether oxygens (including phenoxy) is 2. The molecule has 172 valence electrons. The van der Waals surface area contributed by atoms with E-state index in [9.17, 15) is 14.4 Å². The van der Waals surface area contributed by atoms with Gasteiger partial charge < -0.3 is 14.8 Å². The molecular weight excluding hydrogens is 458 g/mol. The van der Waals surface area contributed by atoms with Gasteiger partial charge >= 0.3 is 11.9 Å². The van der Waals surface area contributed by atoms with Crippen molar-refractivity contribution in [3.8, 4) is 0 Å². The number of ketones is 1. The highest BCUT2D eigenvalue weighted by molar-refractivity contribution is 7.98.